The lowest BCUT2D eigenvalue weighted by atomic mass is 10.2. The lowest BCUT2D eigenvalue weighted by molar-refractivity contribution is 0.0520. The summed E-state index contributed by atoms with van der Waals surface area (Å²) in [5.41, 5.74) is 0.952. The van der Waals surface area contributed by atoms with Crippen LogP contribution in [0.3, 0.4) is 0 Å². The fraction of sp³-hybridized carbons (Fsp3) is 0.267. The van der Waals surface area contributed by atoms with E-state index in [1.165, 1.54) is 0 Å². The van der Waals surface area contributed by atoms with Gasteiger partial charge in [0.05, 0.1) is 13.2 Å². The van der Waals surface area contributed by atoms with Gasteiger partial charge in [-0.25, -0.2) is 9.78 Å². The first kappa shape index (κ1) is 14.0. The number of benzene rings is 1. The van der Waals surface area contributed by atoms with Gasteiger partial charge in [-0.05, 0) is 13.8 Å². The van der Waals surface area contributed by atoms with Crippen molar-refractivity contribution >= 4 is 5.97 Å². The van der Waals surface area contributed by atoms with Crippen molar-refractivity contribution in [3.8, 4) is 17.3 Å². The van der Waals surface area contributed by atoms with Gasteiger partial charge in [0.15, 0.2) is 5.82 Å². The molecule has 20 heavy (non-hydrogen) atoms. The van der Waals surface area contributed by atoms with Crippen LogP contribution in [0.2, 0.25) is 0 Å². The lowest BCUT2D eigenvalue weighted by Gasteiger charge is -2.09. The summed E-state index contributed by atoms with van der Waals surface area (Å²) in [4.78, 5) is 20.1. The minimum atomic E-state index is -0.532. The number of rotatable bonds is 5. The minimum absolute atomic E-state index is 0.119. The predicted molar refractivity (Wildman–Crippen MR) is 73.4 cm³/mol. The zero-order valence-electron chi connectivity index (χ0n) is 11.4. The maximum atomic E-state index is 11.8. The quantitative estimate of drug-likeness (QED) is 0.782. The van der Waals surface area contributed by atoms with Gasteiger partial charge < -0.3 is 9.47 Å². The number of nitrogens with zero attached hydrogens (tertiary/aromatic N) is 2. The van der Waals surface area contributed by atoms with Crippen molar-refractivity contribution in [2.75, 3.05) is 13.2 Å². The van der Waals surface area contributed by atoms with Crippen LogP contribution in [0.15, 0.2) is 30.3 Å². The highest BCUT2D eigenvalue weighted by atomic mass is 16.5. The molecular weight excluding hydrogens is 256 g/mol. The second-order valence-electron chi connectivity index (χ2n) is 3.86. The van der Waals surface area contributed by atoms with Gasteiger partial charge in [-0.1, -0.05) is 30.3 Å². The highest BCUT2D eigenvalue weighted by Gasteiger charge is 2.18. The molecule has 0 saturated heterocycles. The number of hydrogen-bond acceptors (Lipinski definition) is 5. The summed E-state index contributed by atoms with van der Waals surface area (Å²) in [6.07, 6.45) is 2.66. The van der Waals surface area contributed by atoms with Crippen LogP contribution < -0.4 is 4.74 Å². The van der Waals surface area contributed by atoms with Gasteiger partial charge in [0.1, 0.15) is 11.8 Å². The first-order valence-corrected chi connectivity index (χ1v) is 6.41. The molecule has 2 rings (SSSR count). The smallest absolute Gasteiger partial charge is 0.345 e. The molecule has 1 radical (unpaired) electrons. The predicted octanol–water partition coefficient (Wildman–Crippen LogP) is 2.52. The number of carbonyl (C=O) groups excluding carboxylic acids is 1. The summed E-state index contributed by atoms with van der Waals surface area (Å²) < 4.78 is 10.3. The van der Waals surface area contributed by atoms with E-state index in [0.29, 0.717) is 12.4 Å². The molecule has 1 heterocycles. The standard InChI is InChI=1S/C15H15N2O3/c1-3-19-14-12(15(18)20-4-2)10-16-13(17-14)11-8-6-5-7-9-11/h5-9H,3-4H2,1-2H3. The monoisotopic (exact) mass is 271 g/mol. The van der Waals surface area contributed by atoms with E-state index in [1.54, 1.807) is 6.92 Å². The third-order valence-electron chi connectivity index (χ3n) is 2.49. The van der Waals surface area contributed by atoms with Crippen molar-refractivity contribution in [3.63, 3.8) is 0 Å². The summed E-state index contributed by atoms with van der Waals surface area (Å²) in [7, 11) is 0. The van der Waals surface area contributed by atoms with Gasteiger partial charge >= 0.3 is 5.97 Å². The van der Waals surface area contributed by atoms with E-state index < -0.39 is 5.97 Å². The molecule has 5 nitrogen and oxygen atoms in total. The van der Waals surface area contributed by atoms with Gasteiger partial charge in [0.2, 0.25) is 5.88 Å². The number of ether oxygens (including phenoxy) is 2. The summed E-state index contributed by atoms with van der Waals surface area (Å²) in [6.45, 7) is 4.22. The molecule has 0 spiro atoms. The largest absolute Gasteiger partial charge is 0.477 e. The van der Waals surface area contributed by atoms with E-state index in [9.17, 15) is 4.79 Å². The van der Waals surface area contributed by atoms with Crippen molar-refractivity contribution in [2.45, 2.75) is 13.8 Å². The first-order chi connectivity index (χ1) is 9.76. The van der Waals surface area contributed by atoms with Crippen LogP contribution in [0.4, 0.5) is 0 Å². The van der Waals surface area contributed by atoms with Gasteiger partial charge in [-0.3, -0.25) is 0 Å². The van der Waals surface area contributed by atoms with Gasteiger partial charge in [-0.2, -0.15) is 4.98 Å². The Morgan fingerprint density at radius 1 is 1.20 bits per heavy atom. The fourth-order valence-electron chi connectivity index (χ4n) is 1.63. The summed E-state index contributed by atoms with van der Waals surface area (Å²) in [6, 6.07) is 9.44. The minimum Gasteiger partial charge on any atom is -0.477 e. The second-order valence-corrected chi connectivity index (χ2v) is 3.86. The highest BCUT2D eigenvalue weighted by Crippen LogP contribution is 2.21. The molecule has 0 aliphatic carbocycles. The normalized spacial score (nSPS) is 10.1. The Kier molecular flexibility index (Phi) is 4.65. The zero-order chi connectivity index (χ0) is 14.4. The van der Waals surface area contributed by atoms with Crippen molar-refractivity contribution in [1.29, 1.82) is 0 Å². The van der Waals surface area contributed by atoms with E-state index in [-0.39, 0.29) is 18.1 Å². The third kappa shape index (κ3) is 3.12. The Morgan fingerprint density at radius 3 is 2.60 bits per heavy atom. The Morgan fingerprint density at radius 2 is 1.95 bits per heavy atom. The molecule has 1 aromatic heterocycles. The molecule has 0 fully saturated rings. The van der Waals surface area contributed by atoms with E-state index in [2.05, 4.69) is 16.2 Å². The molecule has 0 N–H and O–H groups in total. The van der Waals surface area contributed by atoms with Crippen LogP contribution >= 0.6 is 0 Å². The molecule has 2 aromatic rings. The maximum Gasteiger partial charge on any atom is 0.345 e. The van der Waals surface area contributed by atoms with Gasteiger partial charge in [0.25, 0.3) is 0 Å². The van der Waals surface area contributed by atoms with E-state index in [4.69, 9.17) is 9.47 Å². The van der Waals surface area contributed by atoms with Crippen LogP contribution in [0, 0.1) is 6.20 Å². The van der Waals surface area contributed by atoms with Crippen LogP contribution in [0.25, 0.3) is 11.4 Å². The molecule has 0 amide bonds. The Hall–Kier alpha value is -2.43. The Bertz CT molecular complexity index is 585. The molecular formula is C15H15N2O3. The van der Waals surface area contributed by atoms with Crippen LogP contribution in [0.1, 0.15) is 24.2 Å². The molecule has 103 valence electrons. The molecule has 0 bridgehead atoms. The average molecular weight is 271 g/mol. The molecule has 0 atom stereocenters. The van der Waals surface area contributed by atoms with Crippen LogP contribution in [-0.2, 0) is 4.74 Å². The number of esters is 1. The zero-order valence-corrected chi connectivity index (χ0v) is 11.4. The van der Waals surface area contributed by atoms with Gasteiger partial charge in [-0.15, -0.1) is 0 Å². The molecule has 0 unspecified atom stereocenters. The molecule has 5 heteroatoms. The van der Waals surface area contributed by atoms with Crippen molar-refractivity contribution in [3.05, 3.63) is 42.1 Å². The fourth-order valence-corrected chi connectivity index (χ4v) is 1.63. The average Bonchev–Trinajstić information content (AvgIpc) is 2.48. The number of carbonyl (C=O) groups is 1. The summed E-state index contributed by atoms with van der Waals surface area (Å²) in [5, 5.41) is 0. The SMILES string of the molecule is CCOC(=O)c1[c]nc(-c2ccccc2)nc1OCC. The Labute approximate surface area is 117 Å². The van der Waals surface area contributed by atoms with Crippen LogP contribution in [-0.4, -0.2) is 29.2 Å². The summed E-state index contributed by atoms with van der Waals surface area (Å²) >= 11 is 0. The highest BCUT2D eigenvalue weighted by molar-refractivity contribution is 5.91. The Balaban J connectivity index is 2.39. The molecule has 1 aromatic carbocycles. The number of aromatic nitrogens is 2. The topological polar surface area (TPSA) is 61.3 Å². The van der Waals surface area contributed by atoms with Gasteiger partial charge in [0, 0.05) is 5.56 Å². The maximum absolute atomic E-state index is 11.8. The molecule has 0 aliphatic heterocycles. The second kappa shape index (κ2) is 6.65. The molecule has 0 aliphatic rings. The lowest BCUT2D eigenvalue weighted by Crippen LogP contribution is -2.11. The first-order valence-electron chi connectivity index (χ1n) is 6.41. The van der Waals surface area contributed by atoms with E-state index in [1.807, 2.05) is 37.3 Å². The van der Waals surface area contributed by atoms with Crippen molar-refractivity contribution in [1.82, 2.24) is 9.97 Å². The van der Waals surface area contributed by atoms with E-state index >= 15 is 0 Å². The van der Waals surface area contributed by atoms with E-state index in [0.717, 1.165) is 5.56 Å². The third-order valence-corrected chi connectivity index (χ3v) is 2.49. The number of hydrogen-bond donors (Lipinski definition) is 0. The van der Waals surface area contributed by atoms with Crippen molar-refractivity contribution < 1.29 is 14.3 Å². The molecule has 0 saturated carbocycles. The van der Waals surface area contributed by atoms with Crippen LogP contribution in [0.5, 0.6) is 5.88 Å². The van der Waals surface area contributed by atoms with Crippen molar-refractivity contribution in [2.24, 2.45) is 0 Å². The summed E-state index contributed by atoms with van der Waals surface area (Å²) in [5.74, 6) is 0.123.